The van der Waals surface area contributed by atoms with E-state index in [0.29, 0.717) is 6.61 Å². The van der Waals surface area contributed by atoms with Gasteiger partial charge in [-0.2, -0.15) is 0 Å². The third-order valence-corrected chi connectivity index (χ3v) is 2.36. The van der Waals surface area contributed by atoms with E-state index in [0.717, 1.165) is 17.7 Å². The van der Waals surface area contributed by atoms with Gasteiger partial charge >= 0.3 is 0 Å². The molecule has 15 heavy (non-hydrogen) atoms. The van der Waals surface area contributed by atoms with E-state index < -0.39 is 0 Å². The summed E-state index contributed by atoms with van der Waals surface area (Å²) in [6.45, 7) is 2.56. The SMILES string of the molecule is CCC(N)c1ccc(OC/C=C/Cl)cc1. The summed E-state index contributed by atoms with van der Waals surface area (Å²) in [5, 5.41) is 0. The molecular formula is C12H16ClNO. The molecule has 0 heterocycles. The summed E-state index contributed by atoms with van der Waals surface area (Å²) < 4.78 is 5.40. The number of hydrogen-bond donors (Lipinski definition) is 1. The lowest BCUT2D eigenvalue weighted by Gasteiger charge is -2.09. The Morgan fingerprint density at radius 2 is 2.07 bits per heavy atom. The molecule has 2 nitrogen and oxygen atoms in total. The van der Waals surface area contributed by atoms with Crippen molar-refractivity contribution >= 4 is 11.6 Å². The highest BCUT2D eigenvalue weighted by Gasteiger charge is 2.02. The Labute approximate surface area is 95.7 Å². The summed E-state index contributed by atoms with van der Waals surface area (Å²) in [6.07, 6.45) is 2.68. The van der Waals surface area contributed by atoms with Gasteiger partial charge in [-0.25, -0.2) is 0 Å². The van der Waals surface area contributed by atoms with Crippen LogP contribution in [-0.2, 0) is 0 Å². The van der Waals surface area contributed by atoms with Crippen molar-refractivity contribution in [2.24, 2.45) is 5.73 Å². The minimum Gasteiger partial charge on any atom is -0.490 e. The molecule has 1 aromatic carbocycles. The zero-order chi connectivity index (χ0) is 11.1. The van der Waals surface area contributed by atoms with Gasteiger partial charge in [-0.05, 0) is 30.2 Å². The highest BCUT2D eigenvalue weighted by atomic mass is 35.5. The van der Waals surface area contributed by atoms with Crippen LogP contribution >= 0.6 is 11.6 Å². The third-order valence-electron chi connectivity index (χ3n) is 2.18. The predicted molar refractivity (Wildman–Crippen MR) is 64.1 cm³/mol. The first kappa shape index (κ1) is 12.1. The smallest absolute Gasteiger partial charge is 0.119 e. The number of benzene rings is 1. The minimum atomic E-state index is 0.113. The minimum absolute atomic E-state index is 0.113. The summed E-state index contributed by atoms with van der Waals surface area (Å²) in [4.78, 5) is 0. The Morgan fingerprint density at radius 3 is 2.60 bits per heavy atom. The molecule has 0 saturated heterocycles. The molecule has 0 radical (unpaired) electrons. The van der Waals surface area contributed by atoms with Crippen LogP contribution in [0.15, 0.2) is 35.9 Å². The fraction of sp³-hybridized carbons (Fsp3) is 0.333. The quantitative estimate of drug-likeness (QED) is 0.835. The standard InChI is InChI=1S/C12H16ClNO/c1-2-12(14)10-4-6-11(7-5-10)15-9-3-8-13/h3-8,12H,2,9,14H2,1H3/b8-3+. The third kappa shape index (κ3) is 3.94. The Balaban J connectivity index is 2.56. The van der Waals surface area contributed by atoms with E-state index in [4.69, 9.17) is 22.1 Å². The van der Waals surface area contributed by atoms with Crippen LogP contribution in [0, 0.1) is 0 Å². The molecule has 1 atom stereocenters. The van der Waals surface area contributed by atoms with E-state index in [9.17, 15) is 0 Å². The molecule has 1 unspecified atom stereocenters. The van der Waals surface area contributed by atoms with Crippen LogP contribution < -0.4 is 10.5 Å². The van der Waals surface area contributed by atoms with Gasteiger partial charge in [-0.15, -0.1) is 0 Å². The van der Waals surface area contributed by atoms with Crippen molar-refractivity contribution in [2.45, 2.75) is 19.4 Å². The van der Waals surface area contributed by atoms with Crippen molar-refractivity contribution in [1.82, 2.24) is 0 Å². The van der Waals surface area contributed by atoms with Gasteiger partial charge in [0.25, 0.3) is 0 Å². The molecule has 1 aromatic rings. The highest BCUT2D eigenvalue weighted by Crippen LogP contribution is 2.18. The molecule has 82 valence electrons. The molecule has 0 fully saturated rings. The van der Waals surface area contributed by atoms with Crippen molar-refractivity contribution in [3.63, 3.8) is 0 Å². The van der Waals surface area contributed by atoms with Crippen molar-refractivity contribution in [1.29, 1.82) is 0 Å². The molecular weight excluding hydrogens is 210 g/mol. The monoisotopic (exact) mass is 225 g/mol. The van der Waals surface area contributed by atoms with E-state index in [-0.39, 0.29) is 6.04 Å². The molecule has 0 aliphatic heterocycles. The van der Waals surface area contributed by atoms with Crippen LogP contribution in [-0.4, -0.2) is 6.61 Å². The lowest BCUT2D eigenvalue weighted by molar-refractivity contribution is 0.363. The van der Waals surface area contributed by atoms with E-state index in [1.54, 1.807) is 6.08 Å². The van der Waals surface area contributed by atoms with Crippen LogP contribution in [0.4, 0.5) is 0 Å². The molecule has 0 aliphatic carbocycles. The second-order valence-corrected chi connectivity index (χ2v) is 3.51. The summed E-state index contributed by atoms with van der Waals surface area (Å²) in [5.41, 5.74) is 8.48. The van der Waals surface area contributed by atoms with Crippen molar-refractivity contribution in [3.05, 3.63) is 41.4 Å². The van der Waals surface area contributed by atoms with Crippen molar-refractivity contribution < 1.29 is 4.74 Å². The summed E-state index contributed by atoms with van der Waals surface area (Å²) in [5.74, 6) is 0.830. The Morgan fingerprint density at radius 1 is 1.40 bits per heavy atom. The Hall–Kier alpha value is -0.990. The summed E-state index contributed by atoms with van der Waals surface area (Å²) >= 11 is 5.38. The van der Waals surface area contributed by atoms with Gasteiger partial charge in [0.05, 0.1) is 0 Å². The average Bonchev–Trinajstić information content (AvgIpc) is 2.29. The highest BCUT2D eigenvalue weighted by molar-refractivity contribution is 6.25. The predicted octanol–water partition coefficient (Wildman–Crippen LogP) is 3.23. The number of nitrogens with two attached hydrogens (primary N) is 1. The van der Waals surface area contributed by atoms with E-state index >= 15 is 0 Å². The molecule has 0 aromatic heterocycles. The van der Waals surface area contributed by atoms with Crippen LogP contribution in [0.5, 0.6) is 5.75 Å². The maximum Gasteiger partial charge on any atom is 0.119 e. The van der Waals surface area contributed by atoms with Crippen molar-refractivity contribution in [3.8, 4) is 5.75 Å². The van der Waals surface area contributed by atoms with Gasteiger partial charge < -0.3 is 10.5 Å². The van der Waals surface area contributed by atoms with E-state index in [1.807, 2.05) is 24.3 Å². The zero-order valence-electron chi connectivity index (χ0n) is 8.82. The fourth-order valence-electron chi connectivity index (χ4n) is 1.23. The second kappa shape index (κ2) is 6.49. The summed E-state index contributed by atoms with van der Waals surface area (Å²) in [6, 6.07) is 7.95. The fourth-order valence-corrected chi connectivity index (χ4v) is 1.30. The van der Waals surface area contributed by atoms with Gasteiger partial charge in [-0.3, -0.25) is 0 Å². The maximum atomic E-state index is 5.90. The molecule has 1 rings (SSSR count). The van der Waals surface area contributed by atoms with Crippen LogP contribution in [0.2, 0.25) is 0 Å². The van der Waals surface area contributed by atoms with Crippen LogP contribution in [0.25, 0.3) is 0 Å². The molecule has 0 spiro atoms. The largest absolute Gasteiger partial charge is 0.490 e. The number of ether oxygens (including phenoxy) is 1. The normalized spacial score (nSPS) is 13.0. The van der Waals surface area contributed by atoms with E-state index in [1.165, 1.54) is 5.54 Å². The molecule has 2 N–H and O–H groups in total. The molecule has 0 saturated carbocycles. The first-order chi connectivity index (χ1) is 7.27. The number of hydrogen-bond acceptors (Lipinski definition) is 2. The topological polar surface area (TPSA) is 35.2 Å². The Kier molecular flexibility index (Phi) is 5.22. The molecule has 0 amide bonds. The molecule has 0 aliphatic rings. The lowest BCUT2D eigenvalue weighted by Crippen LogP contribution is -2.08. The lowest BCUT2D eigenvalue weighted by atomic mass is 10.1. The average molecular weight is 226 g/mol. The van der Waals surface area contributed by atoms with Crippen LogP contribution in [0.3, 0.4) is 0 Å². The second-order valence-electron chi connectivity index (χ2n) is 3.26. The first-order valence-corrected chi connectivity index (χ1v) is 5.45. The maximum absolute atomic E-state index is 5.90. The zero-order valence-corrected chi connectivity index (χ0v) is 9.58. The van der Waals surface area contributed by atoms with E-state index in [2.05, 4.69) is 6.92 Å². The number of rotatable bonds is 5. The molecule has 0 bridgehead atoms. The van der Waals surface area contributed by atoms with Gasteiger partial charge in [0.2, 0.25) is 0 Å². The van der Waals surface area contributed by atoms with Gasteiger partial charge in [0, 0.05) is 11.6 Å². The van der Waals surface area contributed by atoms with Crippen molar-refractivity contribution in [2.75, 3.05) is 6.61 Å². The number of halogens is 1. The Bertz CT molecular complexity index is 308. The van der Waals surface area contributed by atoms with Gasteiger partial charge in [-0.1, -0.05) is 30.7 Å². The summed E-state index contributed by atoms with van der Waals surface area (Å²) in [7, 11) is 0. The van der Waals surface area contributed by atoms with Gasteiger partial charge in [0.15, 0.2) is 0 Å². The first-order valence-electron chi connectivity index (χ1n) is 5.01. The molecule has 3 heteroatoms. The van der Waals surface area contributed by atoms with Gasteiger partial charge in [0.1, 0.15) is 12.4 Å². The van der Waals surface area contributed by atoms with Crippen LogP contribution in [0.1, 0.15) is 24.9 Å².